The Hall–Kier alpha value is -7.40. The molecule has 27 nitrogen and oxygen atoms in total. The van der Waals surface area contributed by atoms with E-state index in [1.807, 2.05) is 0 Å². The second-order valence-electron chi connectivity index (χ2n) is 23.2. The number of unbranched alkanes of at least 4 members (excludes halogenated alkanes) is 13. The molecule has 498 valence electrons. The molecule has 0 bridgehead atoms. The lowest BCUT2D eigenvalue weighted by Crippen LogP contribution is -2.47. The normalized spacial score (nSPS) is 16.0. The Kier molecular flexibility index (Phi) is 30.7. The molecule has 4 atom stereocenters. The molecule has 1 aliphatic heterocycles. The lowest BCUT2D eigenvalue weighted by molar-refractivity contribution is -0.142. The molecule has 6 amide bonds. The SMILES string of the molecule is CC(=O)c1nn(CC(=O)N2[C@H](C(=O)Nc3nc(Br)ccc3C)C[C@@]3(CNC(=O)COCCOCCNC(=O)COCCOCCNC(=O)CC[C@H](NC(=O)CCCCCCCCCCCCCCCCC(=O)O)C(=O)O)C[C@@H]23)c2cnc(-c3cnc(C)nc3)cc12. The zero-order valence-electron chi connectivity index (χ0n) is 52.5. The summed E-state index contributed by atoms with van der Waals surface area (Å²) in [6.07, 6.45) is 20.8. The second kappa shape index (κ2) is 38.5. The van der Waals surface area contributed by atoms with E-state index >= 15 is 0 Å². The highest BCUT2D eigenvalue weighted by Gasteiger charge is 2.67. The van der Waals surface area contributed by atoms with Crippen LogP contribution in [-0.4, -0.2) is 189 Å². The Morgan fingerprint density at radius 1 is 0.670 bits per heavy atom. The summed E-state index contributed by atoms with van der Waals surface area (Å²) in [7, 11) is 0. The molecule has 4 aromatic heterocycles. The Bertz CT molecular complexity index is 3080. The summed E-state index contributed by atoms with van der Waals surface area (Å²) in [5.74, 6) is -3.64. The van der Waals surface area contributed by atoms with E-state index in [4.69, 9.17) is 24.1 Å². The highest BCUT2D eigenvalue weighted by atomic mass is 79.9. The number of nitrogens with zero attached hydrogens (tertiary/aromatic N) is 7. The first kappa shape index (κ1) is 72.7. The van der Waals surface area contributed by atoms with Gasteiger partial charge in [-0.3, -0.25) is 48.0 Å². The monoisotopic (exact) mass is 1330 g/mol. The van der Waals surface area contributed by atoms with Crippen LogP contribution in [0.5, 0.6) is 0 Å². The van der Waals surface area contributed by atoms with E-state index in [0.717, 1.165) is 56.9 Å². The number of carbonyl (C=O) groups excluding carboxylic acids is 7. The van der Waals surface area contributed by atoms with Crippen LogP contribution in [0.4, 0.5) is 5.82 Å². The van der Waals surface area contributed by atoms with Crippen LogP contribution < -0.4 is 26.6 Å². The molecule has 28 heteroatoms. The predicted octanol–water partition coefficient (Wildman–Crippen LogP) is 5.95. The van der Waals surface area contributed by atoms with Gasteiger partial charge in [0.05, 0.1) is 57.0 Å². The van der Waals surface area contributed by atoms with Gasteiger partial charge in [0, 0.05) is 80.6 Å². The van der Waals surface area contributed by atoms with Crippen LogP contribution in [0.25, 0.3) is 22.2 Å². The number of aryl methyl sites for hydroxylation is 2. The van der Waals surface area contributed by atoms with Crippen molar-refractivity contribution in [3.05, 3.63) is 58.5 Å². The molecule has 1 saturated heterocycles. The van der Waals surface area contributed by atoms with E-state index in [1.165, 1.54) is 43.7 Å². The van der Waals surface area contributed by atoms with Crippen LogP contribution in [0.2, 0.25) is 0 Å². The molecule has 4 aromatic rings. The standard InChI is InChI=1S/C63H89BrN12O15/c1-42-20-22-52(64)72-60(42)73-61(85)49-33-63(34-51(63)76(49)57(82)38-75-50-37-69-48(45-35-67-44(3)68-36-45)32-46(50)59(74-75)43(2)77)41-70-56(81)40-91-31-29-89-27-25-66-55(80)39-90-30-28-88-26-24-65-53(78)23-21-47(62(86)87)71-54(79)18-16-14-12-10-8-6-4-5-7-9-11-13-15-17-19-58(83)84/h20,22,32,35-37,47,49,51H,4-19,21,23-31,33-34,38-41H2,1-3H3,(H,65,78)(H,66,80)(H,70,81)(H,71,79)(H,83,84)(H,86,87)(H,72,73,85)/t47-,49-,51+,63-/m0/s1. The zero-order chi connectivity index (χ0) is 65.5. The third-order valence-electron chi connectivity index (χ3n) is 16.0. The molecular weight excluding hydrogens is 1240 g/mol. The number of fused-ring (bicyclic) bond motifs is 2. The van der Waals surface area contributed by atoms with Gasteiger partial charge in [-0.1, -0.05) is 83.1 Å². The third kappa shape index (κ3) is 25.0. The third-order valence-corrected chi connectivity index (χ3v) is 16.4. The molecule has 5 heterocycles. The van der Waals surface area contributed by atoms with Crippen LogP contribution in [0, 0.1) is 19.3 Å². The van der Waals surface area contributed by atoms with Crippen molar-refractivity contribution in [2.24, 2.45) is 5.41 Å². The van der Waals surface area contributed by atoms with Gasteiger partial charge in [0.25, 0.3) is 0 Å². The highest BCUT2D eigenvalue weighted by Crippen LogP contribution is 2.59. The Morgan fingerprint density at radius 3 is 1.84 bits per heavy atom. The molecule has 0 radical (unpaired) electrons. The largest absolute Gasteiger partial charge is 0.481 e. The number of ether oxygens (including phenoxy) is 4. The van der Waals surface area contributed by atoms with Crippen molar-refractivity contribution in [2.75, 3.05) is 77.8 Å². The number of carboxylic acids is 2. The quantitative estimate of drug-likeness (QED) is 0.0152. The summed E-state index contributed by atoms with van der Waals surface area (Å²) >= 11 is 3.36. The van der Waals surface area contributed by atoms with Gasteiger partial charge < -0.3 is 60.6 Å². The number of hydrogen-bond acceptors (Lipinski definition) is 18. The predicted molar refractivity (Wildman–Crippen MR) is 337 cm³/mol. The minimum Gasteiger partial charge on any atom is -0.481 e. The number of anilines is 1. The average molecular weight is 1330 g/mol. The number of ketones is 1. The summed E-state index contributed by atoms with van der Waals surface area (Å²) in [5.41, 5.74) is 1.90. The average Bonchev–Trinajstić information content (AvgIpc) is 1.54. The number of amides is 6. The van der Waals surface area contributed by atoms with Crippen LogP contribution in [-0.2, 0) is 63.8 Å². The number of aromatic nitrogens is 6. The minimum atomic E-state index is -1.20. The van der Waals surface area contributed by atoms with E-state index in [0.29, 0.717) is 51.2 Å². The number of hydrogen-bond donors (Lipinski definition) is 7. The lowest BCUT2D eigenvalue weighted by Gasteiger charge is -2.27. The number of halogens is 1. The fourth-order valence-corrected chi connectivity index (χ4v) is 11.2. The van der Waals surface area contributed by atoms with Gasteiger partial charge in [0.2, 0.25) is 35.4 Å². The molecule has 7 N–H and O–H groups in total. The summed E-state index contributed by atoms with van der Waals surface area (Å²) in [5, 5.41) is 37.0. The first-order chi connectivity index (χ1) is 43.8. The first-order valence-electron chi connectivity index (χ1n) is 31.6. The molecule has 0 unspecified atom stereocenters. The molecule has 1 saturated carbocycles. The zero-order valence-corrected chi connectivity index (χ0v) is 54.1. The highest BCUT2D eigenvalue weighted by molar-refractivity contribution is 9.10. The van der Waals surface area contributed by atoms with Gasteiger partial charge in [-0.15, -0.1) is 0 Å². The lowest BCUT2D eigenvalue weighted by atomic mass is 9.99. The van der Waals surface area contributed by atoms with Crippen LogP contribution >= 0.6 is 15.9 Å². The summed E-state index contributed by atoms with van der Waals surface area (Å²) in [6, 6.07) is 2.81. The maximum absolute atomic E-state index is 14.4. The first-order valence-corrected chi connectivity index (χ1v) is 32.4. The molecular formula is C63H89BrN12O15. The van der Waals surface area contributed by atoms with Gasteiger partial charge in [-0.2, -0.15) is 5.10 Å². The number of piperidine rings is 1. The number of aliphatic carboxylic acids is 2. The van der Waals surface area contributed by atoms with E-state index in [1.54, 1.807) is 55.5 Å². The van der Waals surface area contributed by atoms with Crippen molar-refractivity contribution in [3.63, 3.8) is 0 Å². The maximum atomic E-state index is 14.4. The Balaban J connectivity index is 0.773. The number of pyridine rings is 2. The number of rotatable bonds is 46. The number of carboxylic acid groups (broad SMARTS) is 2. The van der Waals surface area contributed by atoms with Crippen molar-refractivity contribution in [1.29, 1.82) is 0 Å². The number of Topliss-reactive ketones (excluding diaryl/α,β-unsaturated/α-hetero) is 1. The fraction of sp³-hybridized carbons (Fsp3) is 0.619. The van der Waals surface area contributed by atoms with Crippen molar-refractivity contribution in [2.45, 2.75) is 174 Å². The molecule has 0 aromatic carbocycles. The minimum absolute atomic E-state index is 0.0521. The van der Waals surface area contributed by atoms with Crippen molar-refractivity contribution in [3.8, 4) is 11.3 Å². The molecule has 91 heavy (non-hydrogen) atoms. The van der Waals surface area contributed by atoms with Gasteiger partial charge in [-0.25, -0.2) is 19.7 Å². The molecule has 2 aliphatic rings. The van der Waals surface area contributed by atoms with E-state index in [9.17, 15) is 48.3 Å². The molecule has 6 rings (SSSR count). The van der Waals surface area contributed by atoms with Crippen molar-refractivity contribution in [1.82, 2.24) is 55.9 Å². The maximum Gasteiger partial charge on any atom is 0.326 e. The van der Waals surface area contributed by atoms with E-state index in [-0.39, 0.29) is 146 Å². The molecule has 1 aliphatic carbocycles. The fourth-order valence-electron chi connectivity index (χ4n) is 10.9. The Labute approximate surface area is 538 Å². The Morgan fingerprint density at radius 2 is 1.24 bits per heavy atom. The van der Waals surface area contributed by atoms with E-state index < -0.39 is 47.2 Å². The summed E-state index contributed by atoms with van der Waals surface area (Å²) in [4.78, 5) is 133. The number of carbonyl (C=O) groups is 9. The summed E-state index contributed by atoms with van der Waals surface area (Å²) < 4.78 is 23.8. The van der Waals surface area contributed by atoms with Crippen LogP contribution in [0.1, 0.15) is 157 Å². The van der Waals surface area contributed by atoms with Crippen LogP contribution in [0.3, 0.4) is 0 Å². The second-order valence-corrected chi connectivity index (χ2v) is 24.0. The number of nitrogens with one attached hydrogen (secondary N) is 5. The van der Waals surface area contributed by atoms with Crippen molar-refractivity contribution < 1.29 is 72.3 Å². The topological polar surface area (TPSA) is 364 Å². The smallest absolute Gasteiger partial charge is 0.326 e. The van der Waals surface area contributed by atoms with Gasteiger partial charge in [-0.05, 0) is 79.6 Å². The molecule has 2 fully saturated rings. The van der Waals surface area contributed by atoms with E-state index in [2.05, 4.69) is 67.5 Å². The molecule has 0 spiro atoms. The number of likely N-dealkylation sites (tertiary alicyclic amines) is 1. The van der Waals surface area contributed by atoms with Gasteiger partial charge in [0.15, 0.2) is 5.78 Å². The van der Waals surface area contributed by atoms with Gasteiger partial charge in [0.1, 0.15) is 53.8 Å². The van der Waals surface area contributed by atoms with Crippen molar-refractivity contribution >= 4 is 85.8 Å². The summed E-state index contributed by atoms with van der Waals surface area (Å²) in [6.45, 7) is 5.62. The van der Waals surface area contributed by atoms with Crippen LogP contribution in [0.15, 0.2) is 41.4 Å². The van der Waals surface area contributed by atoms with Gasteiger partial charge >= 0.3 is 11.9 Å².